The Morgan fingerprint density at radius 3 is 2.64 bits per heavy atom. The number of anilines is 2. The number of rotatable bonds is 4. The number of amides is 2. The largest absolute Gasteiger partial charge is 0.423 e. The maximum Gasteiger partial charge on any atom is 0.321 e. The van der Waals surface area contributed by atoms with Gasteiger partial charge in [-0.1, -0.05) is 0 Å². The summed E-state index contributed by atoms with van der Waals surface area (Å²) in [5, 5.41) is 12.2. The van der Waals surface area contributed by atoms with E-state index in [4.69, 9.17) is 4.42 Å². The molecular weight excluding hydrogens is 320 g/mol. The van der Waals surface area contributed by atoms with E-state index in [9.17, 15) is 9.90 Å². The number of oxazole rings is 1. The van der Waals surface area contributed by atoms with Crippen LogP contribution in [0.4, 0.5) is 16.5 Å². The molecule has 7 nitrogen and oxygen atoms in total. The molecule has 136 valence electrons. The van der Waals surface area contributed by atoms with Crippen LogP contribution in [0.15, 0.2) is 22.6 Å². The lowest BCUT2D eigenvalue weighted by Gasteiger charge is -2.34. The molecule has 1 aromatic carbocycles. The molecule has 2 amide bonds. The second-order valence-corrected chi connectivity index (χ2v) is 6.97. The first kappa shape index (κ1) is 17.5. The third-order valence-electron chi connectivity index (χ3n) is 4.95. The molecule has 1 aliphatic carbocycles. The van der Waals surface area contributed by atoms with E-state index in [2.05, 4.69) is 10.3 Å². The van der Waals surface area contributed by atoms with Crippen molar-refractivity contribution in [3.8, 4) is 0 Å². The van der Waals surface area contributed by atoms with Gasteiger partial charge in [-0.3, -0.25) is 0 Å². The van der Waals surface area contributed by atoms with Crippen LogP contribution in [0, 0.1) is 5.92 Å². The highest BCUT2D eigenvalue weighted by Crippen LogP contribution is 2.28. The monoisotopic (exact) mass is 346 g/mol. The van der Waals surface area contributed by atoms with Crippen LogP contribution in [-0.2, 0) is 0 Å². The summed E-state index contributed by atoms with van der Waals surface area (Å²) in [6.07, 6.45) is 3.80. The van der Waals surface area contributed by atoms with Crippen molar-refractivity contribution in [2.45, 2.75) is 31.7 Å². The summed E-state index contributed by atoms with van der Waals surface area (Å²) < 4.78 is 5.68. The molecule has 2 aromatic rings. The van der Waals surface area contributed by atoms with E-state index in [1.807, 2.05) is 33.3 Å². The number of carbonyl (C=O) groups excluding carboxylic acids is 1. The zero-order valence-corrected chi connectivity index (χ0v) is 15.0. The third-order valence-corrected chi connectivity index (χ3v) is 4.95. The van der Waals surface area contributed by atoms with E-state index in [0.29, 0.717) is 23.2 Å². The van der Waals surface area contributed by atoms with E-state index in [0.717, 1.165) is 31.2 Å². The van der Waals surface area contributed by atoms with Gasteiger partial charge in [-0.05, 0) is 43.7 Å². The van der Waals surface area contributed by atoms with E-state index < -0.39 is 0 Å². The number of nitrogens with one attached hydrogen (secondary N) is 1. The summed E-state index contributed by atoms with van der Waals surface area (Å²) in [7, 11) is 5.57. The van der Waals surface area contributed by atoms with Crippen molar-refractivity contribution >= 4 is 28.8 Å². The first-order valence-electron chi connectivity index (χ1n) is 8.70. The Hall–Kier alpha value is -2.28. The van der Waals surface area contributed by atoms with Crippen LogP contribution < -0.4 is 10.2 Å². The number of aromatic nitrogens is 1. The fourth-order valence-electron chi connectivity index (χ4n) is 3.27. The molecular formula is C18H26N4O3. The predicted molar refractivity (Wildman–Crippen MR) is 97.9 cm³/mol. The standard InChI is InChI=1S/C18H26N4O3/c1-21(2)18-20-15-9-6-13(10-16(15)25-18)19-17(24)22(3)14-7-4-12(11-23)5-8-14/h6,9-10,12,14,23H,4-5,7-8,11H2,1-3H3,(H,19,24). The summed E-state index contributed by atoms with van der Waals surface area (Å²) >= 11 is 0. The summed E-state index contributed by atoms with van der Waals surface area (Å²) in [6, 6.07) is 6.10. The number of fused-ring (bicyclic) bond motifs is 1. The van der Waals surface area contributed by atoms with Gasteiger partial charge >= 0.3 is 6.03 Å². The molecule has 1 heterocycles. The first-order chi connectivity index (χ1) is 12.0. The minimum atomic E-state index is -0.126. The first-order valence-corrected chi connectivity index (χ1v) is 8.70. The third kappa shape index (κ3) is 3.87. The van der Waals surface area contributed by atoms with E-state index in [1.54, 1.807) is 15.9 Å². The van der Waals surface area contributed by atoms with Crippen molar-refractivity contribution < 1.29 is 14.3 Å². The number of aliphatic hydroxyl groups is 1. The Labute approximate surface area is 147 Å². The molecule has 0 saturated heterocycles. The van der Waals surface area contributed by atoms with Crippen LogP contribution in [0.1, 0.15) is 25.7 Å². The summed E-state index contributed by atoms with van der Waals surface area (Å²) in [4.78, 5) is 20.5. The topological polar surface area (TPSA) is 81.8 Å². The van der Waals surface area contributed by atoms with Gasteiger partial charge in [-0.2, -0.15) is 4.98 Å². The highest BCUT2D eigenvalue weighted by molar-refractivity contribution is 5.91. The van der Waals surface area contributed by atoms with Gasteiger partial charge < -0.3 is 24.6 Å². The zero-order chi connectivity index (χ0) is 18.0. The molecule has 1 aromatic heterocycles. The van der Waals surface area contributed by atoms with Gasteiger partial charge in [0.15, 0.2) is 5.58 Å². The van der Waals surface area contributed by atoms with Gasteiger partial charge in [0, 0.05) is 45.5 Å². The zero-order valence-electron chi connectivity index (χ0n) is 15.0. The molecule has 7 heteroatoms. The van der Waals surface area contributed by atoms with Crippen molar-refractivity contribution in [3.63, 3.8) is 0 Å². The van der Waals surface area contributed by atoms with E-state index >= 15 is 0 Å². The van der Waals surface area contributed by atoms with Crippen LogP contribution >= 0.6 is 0 Å². The van der Waals surface area contributed by atoms with Gasteiger partial charge in [-0.15, -0.1) is 0 Å². The summed E-state index contributed by atoms with van der Waals surface area (Å²) in [6.45, 7) is 0.245. The Morgan fingerprint density at radius 2 is 2.00 bits per heavy atom. The fraction of sp³-hybridized carbons (Fsp3) is 0.556. The van der Waals surface area contributed by atoms with Gasteiger partial charge in [0.05, 0.1) is 0 Å². The Morgan fingerprint density at radius 1 is 1.28 bits per heavy atom. The average Bonchev–Trinajstić information content (AvgIpc) is 3.05. The minimum Gasteiger partial charge on any atom is -0.423 e. The molecule has 0 atom stereocenters. The van der Waals surface area contributed by atoms with Gasteiger partial charge in [-0.25, -0.2) is 4.79 Å². The molecule has 1 fully saturated rings. The second-order valence-electron chi connectivity index (χ2n) is 6.97. The average molecular weight is 346 g/mol. The van der Waals surface area contributed by atoms with Crippen LogP contribution in [0.5, 0.6) is 0 Å². The molecule has 0 aliphatic heterocycles. The van der Waals surface area contributed by atoms with Gasteiger partial charge in [0.1, 0.15) is 5.52 Å². The fourth-order valence-corrected chi connectivity index (χ4v) is 3.27. The van der Waals surface area contributed by atoms with Crippen molar-refractivity contribution in [2.75, 3.05) is 38.0 Å². The highest BCUT2D eigenvalue weighted by atomic mass is 16.4. The number of carbonyl (C=O) groups is 1. The Kier molecular flexibility index (Phi) is 5.13. The second kappa shape index (κ2) is 7.31. The van der Waals surface area contributed by atoms with Crippen molar-refractivity contribution in [3.05, 3.63) is 18.2 Å². The molecule has 0 spiro atoms. The Bertz CT molecular complexity index is 735. The van der Waals surface area contributed by atoms with Gasteiger partial charge in [0.2, 0.25) is 0 Å². The molecule has 3 rings (SSSR count). The number of aliphatic hydroxyl groups excluding tert-OH is 1. The number of nitrogens with zero attached hydrogens (tertiary/aromatic N) is 3. The van der Waals surface area contributed by atoms with Crippen LogP contribution in [0.25, 0.3) is 11.1 Å². The van der Waals surface area contributed by atoms with E-state index in [1.165, 1.54) is 0 Å². The normalized spacial score (nSPS) is 20.5. The molecule has 0 unspecified atom stereocenters. The number of hydrogen-bond acceptors (Lipinski definition) is 5. The SMILES string of the molecule is CN(C)c1nc2ccc(NC(=O)N(C)C3CCC(CO)CC3)cc2o1. The number of hydrogen-bond donors (Lipinski definition) is 2. The maximum atomic E-state index is 12.5. The van der Waals surface area contributed by atoms with Crippen molar-refractivity contribution in [1.29, 1.82) is 0 Å². The summed E-state index contributed by atoms with van der Waals surface area (Å²) in [5.74, 6) is 0.382. The smallest absolute Gasteiger partial charge is 0.321 e. The van der Waals surface area contributed by atoms with Crippen molar-refractivity contribution in [1.82, 2.24) is 9.88 Å². The lowest BCUT2D eigenvalue weighted by molar-refractivity contribution is 0.139. The predicted octanol–water partition coefficient (Wildman–Crippen LogP) is 2.91. The van der Waals surface area contributed by atoms with Crippen LogP contribution in [-0.4, -0.2) is 54.8 Å². The minimum absolute atomic E-state index is 0.126. The van der Waals surface area contributed by atoms with E-state index in [-0.39, 0.29) is 18.7 Å². The lowest BCUT2D eigenvalue weighted by Crippen LogP contribution is -2.42. The Balaban J connectivity index is 1.65. The quantitative estimate of drug-likeness (QED) is 0.889. The molecule has 2 N–H and O–H groups in total. The van der Waals surface area contributed by atoms with Gasteiger partial charge in [0.25, 0.3) is 6.01 Å². The molecule has 25 heavy (non-hydrogen) atoms. The van der Waals surface area contributed by atoms with Crippen LogP contribution in [0.2, 0.25) is 0 Å². The number of urea groups is 1. The molecule has 0 radical (unpaired) electrons. The van der Waals surface area contributed by atoms with Crippen LogP contribution in [0.3, 0.4) is 0 Å². The molecule has 0 bridgehead atoms. The molecule has 1 aliphatic rings. The molecule has 1 saturated carbocycles. The highest BCUT2D eigenvalue weighted by Gasteiger charge is 2.26. The maximum absolute atomic E-state index is 12.5. The summed E-state index contributed by atoms with van der Waals surface area (Å²) in [5.41, 5.74) is 2.10. The van der Waals surface area contributed by atoms with Crippen molar-refractivity contribution in [2.24, 2.45) is 5.92 Å². The number of benzene rings is 1. The lowest BCUT2D eigenvalue weighted by atomic mass is 9.86.